The van der Waals surface area contributed by atoms with Crippen molar-refractivity contribution in [2.45, 2.75) is 33.4 Å². The summed E-state index contributed by atoms with van der Waals surface area (Å²) in [5.41, 5.74) is 1.50. The zero-order valence-electron chi connectivity index (χ0n) is 15.5. The third-order valence-corrected chi connectivity index (χ3v) is 4.53. The second kappa shape index (κ2) is 8.03. The summed E-state index contributed by atoms with van der Waals surface area (Å²) < 4.78 is 3.48. The van der Waals surface area contributed by atoms with Crippen molar-refractivity contribution in [1.82, 2.24) is 24.3 Å². The van der Waals surface area contributed by atoms with Crippen molar-refractivity contribution < 1.29 is 9.90 Å². The summed E-state index contributed by atoms with van der Waals surface area (Å²) in [7, 11) is 0. The molecule has 8 heteroatoms. The maximum Gasteiger partial charge on any atom is 0.325 e. The van der Waals surface area contributed by atoms with Gasteiger partial charge in [0.05, 0.1) is 11.9 Å². The molecule has 0 bridgehead atoms. The Balaban J connectivity index is 1.80. The molecular weight excluding hydrogens is 344 g/mol. The molecule has 0 radical (unpaired) electrons. The second-order valence-corrected chi connectivity index (χ2v) is 6.91. The van der Waals surface area contributed by atoms with Gasteiger partial charge in [-0.2, -0.15) is 10.1 Å². The summed E-state index contributed by atoms with van der Waals surface area (Å²) in [6, 6.07) is 2.01. The second-order valence-electron chi connectivity index (χ2n) is 6.91. The standard InChI is InChI=1S/C19H24N6O2/c1-4-5-15(13(2)3)10-24-7-6-14-8-20-19(23-18(14)24)22-16-9-21-25(11-16)12-17(26)27/h4,6-9,11,13,15H,1,5,10,12H2,2-3H3,(H,26,27)(H,20,22,23). The van der Waals surface area contributed by atoms with Crippen molar-refractivity contribution in [1.29, 1.82) is 0 Å². The van der Waals surface area contributed by atoms with Crippen LogP contribution in [0.25, 0.3) is 11.0 Å². The summed E-state index contributed by atoms with van der Waals surface area (Å²) in [6.07, 6.45) is 9.89. The van der Waals surface area contributed by atoms with Crippen LogP contribution in [0.4, 0.5) is 11.6 Å². The number of rotatable bonds is 9. The minimum atomic E-state index is -0.945. The first-order chi connectivity index (χ1) is 13.0. The van der Waals surface area contributed by atoms with Gasteiger partial charge in [-0.15, -0.1) is 6.58 Å². The van der Waals surface area contributed by atoms with Gasteiger partial charge in [0.1, 0.15) is 12.2 Å². The summed E-state index contributed by atoms with van der Waals surface area (Å²) in [4.78, 5) is 19.7. The molecule has 0 spiro atoms. The Morgan fingerprint density at radius 1 is 1.41 bits per heavy atom. The van der Waals surface area contributed by atoms with E-state index < -0.39 is 5.97 Å². The van der Waals surface area contributed by atoms with Crippen LogP contribution in [-0.2, 0) is 17.9 Å². The topological polar surface area (TPSA) is 97.9 Å². The number of carbonyl (C=O) groups is 1. The predicted molar refractivity (Wildman–Crippen MR) is 104 cm³/mol. The van der Waals surface area contributed by atoms with Gasteiger partial charge in [-0.3, -0.25) is 9.48 Å². The lowest BCUT2D eigenvalue weighted by atomic mass is 9.92. The fourth-order valence-electron chi connectivity index (χ4n) is 2.98. The van der Waals surface area contributed by atoms with Gasteiger partial charge in [0.2, 0.25) is 5.95 Å². The molecule has 3 heterocycles. The van der Waals surface area contributed by atoms with Crippen LogP contribution >= 0.6 is 0 Å². The highest BCUT2D eigenvalue weighted by Crippen LogP contribution is 2.22. The van der Waals surface area contributed by atoms with Gasteiger partial charge in [0.15, 0.2) is 0 Å². The molecule has 27 heavy (non-hydrogen) atoms. The highest BCUT2D eigenvalue weighted by atomic mass is 16.4. The summed E-state index contributed by atoms with van der Waals surface area (Å²) in [5, 5.41) is 16.9. The number of aliphatic carboxylic acids is 1. The van der Waals surface area contributed by atoms with Gasteiger partial charge in [0.25, 0.3) is 0 Å². The number of carboxylic acid groups (broad SMARTS) is 1. The van der Waals surface area contributed by atoms with Crippen molar-refractivity contribution in [2.24, 2.45) is 11.8 Å². The largest absolute Gasteiger partial charge is 0.480 e. The number of fused-ring (bicyclic) bond motifs is 1. The fraction of sp³-hybridized carbons (Fsp3) is 0.368. The monoisotopic (exact) mass is 368 g/mol. The molecule has 0 aliphatic carbocycles. The first-order valence-corrected chi connectivity index (χ1v) is 8.90. The van der Waals surface area contributed by atoms with Gasteiger partial charge >= 0.3 is 5.97 Å². The Kier molecular flexibility index (Phi) is 5.54. The summed E-state index contributed by atoms with van der Waals surface area (Å²) in [5.74, 6) is 0.528. The van der Waals surface area contributed by atoms with E-state index in [0.29, 0.717) is 23.5 Å². The maximum absolute atomic E-state index is 10.8. The van der Waals surface area contributed by atoms with E-state index in [2.05, 4.69) is 45.4 Å². The molecule has 0 aliphatic rings. The summed E-state index contributed by atoms with van der Waals surface area (Å²) in [6.45, 7) is 8.97. The number of allylic oxidation sites excluding steroid dienone is 1. The van der Waals surface area contributed by atoms with E-state index in [4.69, 9.17) is 5.11 Å². The average Bonchev–Trinajstić information content (AvgIpc) is 3.21. The van der Waals surface area contributed by atoms with E-state index in [1.54, 1.807) is 18.6 Å². The highest BCUT2D eigenvalue weighted by Gasteiger charge is 2.15. The van der Waals surface area contributed by atoms with Crippen LogP contribution in [0.1, 0.15) is 20.3 Å². The Hall–Kier alpha value is -3.16. The number of aromatic nitrogens is 5. The average molecular weight is 368 g/mol. The normalized spacial score (nSPS) is 12.4. The molecule has 1 atom stereocenters. The van der Waals surface area contributed by atoms with Gasteiger partial charge in [-0.05, 0) is 24.3 Å². The zero-order chi connectivity index (χ0) is 19.4. The predicted octanol–water partition coefficient (Wildman–Crippen LogP) is 3.30. The van der Waals surface area contributed by atoms with Crippen LogP contribution in [0.15, 0.2) is 43.5 Å². The van der Waals surface area contributed by atoms with Crippen molar-refractivity contribution in [3.05, 3.63) is 43.5 Å². The van der Waals surface area contributed by atoms with E-state index in [1.165, 1.54) is 4.68 Å². The molecule has 1 unspecified atom stereocenters. The molecular formula is C19H24N6O2. The van der Waals surface area contributed by atoms with Crippen molar-refractivity contribution in [3.63, 3.8) is 0 Å². The zero-order valence-corrected chi connectivity index (χ0v) is 15.5. The molecule has 0 fully saturated rings. The van der Waals surface area contributed by atoms with Crippen molar-refractivity contribution in [2.75, 3.05) is 5.32 Å². The fourth-order valence-corrected chi connectivity index (χ4v) is 2.98. The van der Waals surface area contributed by atoms with Gasteiger partial charge in [-0.25, -0.2) is 4.98 Å². The quantitative estimate of drug-likeness (QED) is 0.562. The molecule has 3 rings (SSSR count). The molecule has 0 aromatic carbocycles. The number of nitrogens with one attached hydrogen (secondary N) is 1. The Bertz CT molecular complexity index is 943. The minimum Gasteiger partial charge on any atom is -0.480 e. The number of hydrogen-bond donors (Lipinski definition) is 2. The molecule has 2 N–H and O–H groups in total. The Morgan fingerprint density at radius 3 is 2.93 bits per heavy atom. The van der Waals surface area contributed by atoms with Crippen molar-refractivity contribution >= 4 is 28.6 Å². The minimum absolute atomic E-state index is 0.190. The molecule has 0 saturated heterocycles. The Morgan fingerprint density at radius 2 is 2.22 bits per heavy atom. The highest BCUT2D eigenvalue weighted by molar-refractivity contribution is 5.76. The first-order valence-electron chi connectivity index (χ1n) is 8.90. The van der Waals surface area contributed by atoms with E-state index in [0.717, 1.165) is 24.0 Å². The van der Waals surface area contributed by atoms with Crippen LogP contribution in [0, 0.1) is 11.8 Å². The van der Waals surface area contributed by atoms with Crippen LogP contribution < -0.4 is 5.32 Å². The molecule has 0 aliphatic heterocycles. The Labute approximate surface area is 157 Å². The number of anilines is 2. The van der Waals surface area contributed by atoms with E-state index in [-0.39, 0.29) is 6.54 Å². The molecule has 3 aromatic heterocycles. The molecule has 8 nitrogen and oxygen atoms in total. The smallest absolute Gasteiger partial charge is 0.325 e. The third-order valence-electron chi connectivity index (χ3n) is 4.53. The summed E-state index contributed by atoms with van der Waals surface area (Å²) >= 11 is 0. The van der Waals surface area contributed by atoms with E-state index in [9.17, 15) is 4.79 Å². The number of hydrogen-bond acceptors (Lipinski definition) is 5. The maximum atomic E-state index is 10.8. The third kappa shape index (κ3) is 4.52. The van der Waals surface area contributed by atoms with Crippen LogP contribution in [0.5, 0.6) is 0 Å². The van der Waals surface area contributed by atoms with E-state index >= 15 is 0 Å². The molecule has 3 aromatic rings. The lowest BCUT2D eigenvalue weighted by Gasteiger charge is -2.20. The molecule has 142 valence electrons. The first kappa shape index (κ1) is 18.6. The van der Waals surface area contributed by atoms with Crippen LogP contribution in [-0.4, -0.2) is 35.4 Å². The van der Waals surface area contributed by atoms with Crippen LogP contribution in [0.2, 0.25) is 0 Å². The number of nitrogens with zero attached hydrogens (tertiary/aromatic N) is 5. The van der Waals surface area contributed by atoms with Crippen molar-refractivity contribution in [3.8, 4) is 0 Å². The van der Waals surface area contributed by atoms with Gasteiger partial charge in [-0.1, -0.05) is 19.9 Å². The van der Waals surface area contributed by atoms with Crippen LogP contribution in [0.3, 0.4) is 0 Å². The molecule has 0 saturated carbocycles. The van der Waals surface area contributed by atoms with Gasteiger partial charge in [0, 0.05) is 30.5 Å². The lowest BCUT2D eigenvalue weighted by molar-refractivity contribution is -0.137. The lowest BCUT2D eigenvalue weighted by Crippen LogP contribution is -2.15. The molecule has 0 amide bonds. The van der Waals surface area contributed by atoms with E-state index in [1.807, 2.05) is 18.3 Å². The number of carboxylic acids is 1. The SMILES string of the molecule is C=CCC(Cn1ccc2cnc(Nc3cnn(CC(=O)O)c3)nc21)C(C)C. The van der Waals surface area contributed by atoms with Gasteiger partial charge < -0.3 is 15.0 Å².